The van der Waals surface area contributed by atoms with Crippen LogP contribution in [-0.4, -0.2) is 9.91 Å². The predicted molar refractivity (Wildman–Crippen MR) is 78.7 cm³/mol. The second kappa shape index (κ2) is 6.14. The molecule has 0 amide bonds. The molecule has 0 saturated heterocycles. The van der Waals surface area contributed by atoms with E-state index in [1.54, 1.807) is 6.07 Å². The van der Waals surface area contributed by atoms with Crippen LogP contribution >= 0.6 is 0 Å². The lowest BCUT2D eigenvalue weighted by atomic mass is 10.1. The van der Waals surface area contributed by atoms with E-state index in [0.717, 1.165) is 12.0 Å². The zero-order chi connectivity index (χ0) is 14.5. The molecule has 0 saturated carbocycles. The number of nitrogens with one attached hydrogen (secondary N) is 1. The van der Waals surface area contributed by atoms with E-state index in [1.807, 2.05) is 6.92 Å². The molecule has 2 rings (SSSR count). The average Bonchev–Trinajstić information content (AvgIpc) is 2.48. The summed E-state index contributed by atoms with van der Waals surface area (Å²) in [6, 6.07) is 11.5. The van der Waals surface area contributed by atoms with Gasteiger partial charge in [0, 0.05) is 12.1 Å². The molecule has 0 fully saturated rings. The van der Waals surface area contributed by atoms with E-state index < -0.39 is 4.92 Å². The molecule has 0 aliphatic rings. The van der Waals surface area contributed by atoms with E-state index in [1.165, 1.54) is 17.8 Å². The molecule has 0 radical (unpaired) electrons. The SMILES string of the molecule is CCc1ccc(C(C)Nc2ccc([N+](=O)[O-])cn2)cc1. The van der Waals surface area contributed by atoms with Crippen LogP contribution in [0.15, 0.2) is 42.6 Å². The van der Waals surface area contributed by atoms with Gasteiger partial charge in [-0.1, -0.05) is 31.2 Å². The monoisotopic (exact) mass is 271 g/mol. The summed E-state index contributed by atoms with van der Waals surface area (Å²) in [5.74, 6) is 0.627. The van der Waals surface area contributed by atoms with Gasteiger partial charge in [0.1, 0.15) is 12.0 Å². The first kappa shape index (κ1) is 14.0. The molecule has 1 atom stereocenters. The van der Waals surface area contributed by atoms with Crippen LogP contribution < -0.4 is 5.32 Å². The van der Waals surface area contributed by atoms with Crippen molar-refractivity contribution in [3.8, 4) is 0 Å². The molecule has 1 heterocycles. The third kappa shape index (κ3) is 3.32. The van der Waals surface area contributed by atoms with Crippen molar-refractivity contribution in [2.24, 2.45) is 0 Å². The van der Waals surface area contributed by atoms with Gasteiger partial charge in [0.2, 0.25) is 0 Å². The number of anilines is 1. The van der Waals surface area contributed by atoms with E-state index in [9.17, 15) is 10.1 Å². The second-order valence-corrected chi connectivity index (χ2v) is 4.62. The summed E-state index contributed by atoms with van der Waals surface area (Å²) in [5, 5.41) is 13.8. The third-order valence-electron chi connectivity index (χ3n) is 3.21. The van der Waals surface area contributed by atoms with Gasteiger partial charge in [0.25, 0.3) is 5.69 Å². The fraction of sp³-hybridized carbons (Fsp3) is 0.267. The first-order valence-electron chi connectivity index (χ1n) is 6.56. The predicted octanol–water partition coefficient (Wildman–Crippen LogP) is 3.73. The molecular weight excluding hydrogens is 254 g/mol. The minimum absolute atomic E-state index is 0.00417. The van der Waals surface area contributed by atoms with Crippen molar-refractivity contribution in [2.45, 2.75) is 26.3 Å². The van der Waals surface area contributed by atoms with Gasteiger partial charge in [-0.2, -0.15) is 0 Å². The van der Waals surface area contributed by atoms with Crippen molar-refractivity contribution in [3.05, 3.63) is 63.8 Å². The van der Waals surface area contributed by atoms with E-state index >= 15 is 0 Å². The molecule has 1 aromatic carbocycles. The van der Waals surface area contributed by atoms with Gasteiger partial charge in [-0.05, 0) is 30.5 Å². The number of aryl methyl sites for hydroxylation is 1. The molecule has 1 unspecified atom stereocenters. The van der Waals surface area contributed by atoms with Crippen LogP contribution in [0.3, 0.4) is 0 Å². The number of hydrogen-bond acceptors (Lipinski definition) is 4. The summed E-state index contributed by atoms with van der Waals surface area (Å²) in [4.78, 5) is 14.2. The molecule has 20 heavy (non-hydrogen) atoms. The van der Waals surface area contributed by atoms with Crippen LogP contribution in [0.5, 0.6) is 0 Å². The molecule has 0 bridgehead atoms. The van der Waals surface area contributed by atoms with Crippen LogP contribution in [0.1, 0.15) is 31.0 Å². The van der Waals surface area contributed by atoms with Gasteiger partial charge in [-0.25, -0.2) is 4.98 Å². The first-order chi connectivity index (χ1) is 9.60. The summed E-state index contributed by atoms with van der Waals surface area (Å²) in [5.41, 5.74) is 2.45. The minimum atomic E-state index is -0.455. The minimum Gasteiger partial charge on any atom is -0.364 e. The molecule has 5 nitrogen and oxygen atoms in total. The Kier molecular flexibility index (Phi) is 4.30. The van der Waals surface area contributed by atoms with Crippen LogP contribution in [0.2, 0.25) is 0 Å². The lowest BCUT2D eigenvalue weighted by Crippen LogP contribution is -2.08. The summed E-state index contributed by atoms with van der Waals surface area (Å²) >= 11 is 0. The third-order valence-corrected chi connectivity index (χ3v) is 3.21. The van der Waals surface area contributed by atoms with Crippen molar-refractivity contribution in [3.63, 3.8) is 0 Å². The van der Waals surface area contributed by atoms with Crippen molar-refractivity contribution in [2.75, 3.05) is 5.32 Å². The highest BCUT2D eigenvalue weighted by molar-refractivity contribution is 5.42. The zero-order valence-corrected chi connectivity index (χ0v) is 11.5. The number of nitrogens with zero attached hydrogens (tertiary/aromatic N) is 2. The van der Waals surface area contributed by atoms with Crippen molar-refractivity contribution < 1.29 is 4.92 Å². The molecule has 0 spiro atoms. The second-order valence-electron chi connectivity index (χ2n) is 4.62. The Morgan fingerprint density at radius 3 is 2.45 bits per heavy atom. The van der Waals surface area contributed by atoms with Crippen LogP contribution in [0.4, 0.5) is 11.5 Å². The van der Waals surface area contributed by atoms with Crippen LogP contribution in [0.25, 0.3) is 0 Å². The van der Waals surface area contributed by atoms with Crippen molar-refractivity contribution >= 4 is 11.5 Å². The van der Waals surface area contributed by atoms with E-state index in [2.05, 4.69) is 41.5 Å². The standard InChI is InChI=1S/C15H17N3O2/c1-3-12-4-6-13(7-5-12)11(2)17-15-9-8-14(10-16-15)18(19)20/h4-11H,3H2,1-2H3,(H,16,17). The van der Waals surface area contributed by atoms with Crippen molar-refractivity contribution in [1.29, 1.82) is 0 Å². The molecule has 5 heteroatoms. The maximum Gasteiger partial charge on any atom is 0.287 e. The quantitative estimate of drug-likeness (QED) is 0.664. The number of aromatic nitrogens is 1. The highest BCUT2D eigenvalue weighted by Crippen LogP contribution is 2.20. The van der Waals surface area contributed by atoms with E-state index in [4.69, 9.17) is 0 Å². The summed E-state index contributed by atoms with van der Waals surface area (Å²) in [6.07, 6.45) is 2.28. The summed E-state index contributed by atoms with van der Waals surface area (Å²) in [6.45, 7) is 4.15. The van der Waals surface area contributed by atoms with Crippen LogP contribution in [-0.2, 0) is 6.42 Å². The van der Waals surface area contributed by atoms with E-state index in [0.29, 0.717) is 5.82 Å². The number of benzene rings is 1. The van der Waals surface area contributed by atoms with E-state index in [-0.39, 0.29) is 11.7 Å². The fourth-order valence-corrected chi connectivity index (χ4v) is 1.93. The molecule has 1 N–H and O–H groups in total. The first-order valence-corrected chi connectivity index (χ1v) is 6.56. The maximum absolute atomic E-state index is 10.6. The molecule has 0 aliphatic carbocycles. The van der Waals surface area contributed by atoms with Gasteiger partial charge < -0.3 is 5.32 Å². The Labute approximate surface area is 117 Å². The highest BCUT2D eigenvalue weighted by atomic mass is 16.6. The molecular formula is C15H17N3O2. The Balaban J connectivity index is 2.06. The normalized spacial score (nSPS) is 11.9. The molecule has 104 valence electrons. The Bertz CT molecular complexity index is 579. The van der Waals surface area contributed by atoms with Gasteiger partial charge in [-0.3, -0.25) is 10.1 Å². The summed E-state index contributed by atoms with van der Waals surface area (Å²) in [7, 11) is 0. The summed E-state index contributed by atoms with van der Waals surface area (Å²) < 4.78 is 0. The smallest absolute Gasteiger partial charge is 0.287 e. The van der Waals surface area contributed by atoms with Gasteiger partial charge in [-0.15, -0.1) is 0 Å². The Morgan fingerprint density at radius 1 is 1.25 bits per heavy atom. The number of nitro groups is 1. The van der Waals surface area contributed by atoms with Gasteiger partial charge >= 0.3 is 0 Å². The fourth-order valence-electron chi connectivity index (χ4n) is 1.93. The van der Waals surface area contributed by atoms with Crippen LogP contribution in [0, 0.1) is 10.1 Å². The van der Waals surface area contributed by atoms with Gasteiger partial charge in [0.15, 0.2) is 0 Å². The Morgan fingerprint density at radius 2 is 1.95 bits per heavy atom. The largest absolute Gasteiger partial charge is 0.364 e. The number of rotatable bonds is 5. The lowest BCUT2D eigenvalue weighted by Gasteiger charge is -2.15. The average molecular weight is 271 g/mol. The van der Waals surface area contributed by atoms with Gasteiger partial charge in [0.05, 0.1) is 4.92 Å². The topological polar surface area (TPSA) is 68.1 Å². The lowest BCUT2D eigenvalue weighted by molar-refractivity contribution is -0.385. The number of pyridine rings is 1. The molecule has 1 aromatic heterocycles. The molecule has 0 aliphatic heterocycles. The Hall–Kier alpha value is -2.43. The molecule has 2 aromatic rings. The van der Waals surface area contributed by atoms with Crippen molar-refractivity contribution in [1.82, 2.24) is 4.98 Å². The highest BCUT2D eigenvalue weighted by Gasteiger charge is 2.08. The maximum atomic E-state index is 10.6. The number of hydrogen-bond donors (Lipinski definition) is 1. The zero-order valence-electron chi connectivity index (χ0n) is 11.5.